The van der Waals surface area contributed by atoms with Crippen LogP contribution in [-0.2, 0) is 4.74 Å². The van der Waals surface area contributed by atoms with Gasteiger partial charge in [0.05, 0.1) is 0 Å². The summed E-state index contributed by atoms with van der Waals surface area (Å²) in [5.74, 6) is 0.546. The summed E-state index contributed by atoms with van der Waals surface area (Å²) in [6, 6.07) is 4.01. The molecule has 0 atom stereocenters. The van der Waals surface area contributed by atoms with E-state index in [4.69, 9.17) is 4.74 Å². The molecule has 1 N–H and O–H groups in total. The van der Waals surface area contributed by atoms with Crippen molar-refractivity contribution >= 4 is 12.0 Å². The number of likely N-dealkylation sites (tertiary alicyclic amines) is 1. The zero-order chi connectivity index (χ0) is 19.3. The molecule has 1 saturated heterocycles. The van der Waals surface area contributed by atoms with Crippen LogP contribution in [0.2, 0.25) is 0 Å². The average molecular weight is 364 g/mol. The van der Waals surface area contributed by atoms with Gasteiger partial charge in [0, 0.05) is 31.9 Å². The molecule has 6 nitrogen and oxygen atoms in total. The average Bonchev–Trinajstić information content (AvgIpc) is 3.02. The molecule has 1 aliphatic heterocycles. The maximum Gasteiger partial charge on any atom is 0.410 e. The highest BCUT2D eigenvalue weighted by Gasteiger charge is 2.28. The normalized spacial score (nSPS) is 16.0. The predicted molar refractivity (Wildman–Crippen MR) is 102 cm³/mol. The summed E-state index contributed by atoms with van der Waals surface area (Å²) < 4.78 is 7.50. The standard InChI is InChI=1S/C20H33N3O3/c1-15(2)8-11-21-18(24)17-7-6-12-23(17)16-9-13-22(14-10-16)19(25)26-20(3,4)5/h6-7,12,15-16H,8-11,13-14H2,1-5H3,(H,21,24). The quantitative estimate of drug-likeness (QED) is 0.864. The van der Waals surface area contributed by atoms with Crippen molar-refractivity contribution in [2.24, 2.45) is 5.92 Å². The fraction of sp³-hybridized carbons (Fsp3) is 0.700. The Bertz CT molecular complexity index is 608. The first-order valence-electron chi connectivity index (χ1n) is 9.60. The second-order valence-electron chi connectivity index (χ2n) is 8.44. The number of ether oxygens (including phenoxy) is 1. The maximum atomic E-state index is 12.5. The van der Waals surface area contributed by atoms with E-state index in [1.165, 1.54) is 0 Å². The SMILES string of the molecule is CC(C)CCNC(=O)c1cccn1C1CCN(C(=O)OC(C)(C)C)CC1. The van der Waals surface area contributed by atoms with Gasteiger partial charge < -0.3 is 19.5 Å². The van der Waals surface area contributed by atoms with E-state index in [9.17, 15) is 9.59 Å². The van der Waals surface area contributed by atoms with Crippen molar-refractivity contribution in [3.05, 3.63) is 24.0 Å². The summed E-state index contributed by atoms with van der Waals surface area (Å²) in [4.78, 5) is 26.4. The fourth-order valence-corrected chi connectivity index (χ4v) is 3.12. The second kappa shape index (κ2) is 8.60. The molecule has 0 radical (unpaired) electrons. The van der Waals surface area contributed by atoms with Gasteiger partial charge in [-0.3, -0.25) is 4.79 Å². The number of carbonyl (C=O) groups is 2. The van der Waals surface area contributed by atoms with Crippen LogP contribution in [0, 0.1) is 5.92 Å². The first-order valence-corrected chi connectivity index (χ1v) is 9.60. The van der Waals surface area contributed by atoms with Crippen molar-refractivity contribution in [3.63, 3.8) is 0 Å². The summed E-state index contributed by atoms with van der Waals surface area (Å²) >= 11 is 0. The van der Waals surface area contributed by atoms with Gasteiger partial charge in [0.1, 0.15) is 11.3 Å². The van der Waals surface area contributed by atoms with E-state index in [2.05, 4.69) is 23.7 Å². The van der Waals surface area contributed by atoms with Crippen LogP contribution >= 0.6 is 0 Å². The maximum absolute atomic E-state index is 12.5. The van der Waals surface area contributed by atoms with Crippen LogP contribution in [0.3, 0.4) is 0 Å². The highest BCUT2D eigenvalue weighted by Crippen LogP contribution is 2.25. The first-order chi connectivity index (χ1) is 12.2. The zero-order valence-corrected chi connectivity index (χ0v) is 16.7. The number of hydrogen-bond donors (Lipinski definition) is 1. The van der Waals surface area contributed by atoms with Crippen molar-refractivity contribution in [2.45, 2.75) is 65.5 Å². The number of aromatic nitrogens is 1. The minimum absolute atomic E-state index is 0.0229. The van der Waals surface area contributed by atoms with Gasteiger partial charge in [0.15, 0.2) is 0 Å². The molecule has 2 amide bonds. The van der Waals surface area contributed by atoms with Gasteiger partial charge in [-0.05, 0) is 58.1 Å². The molecule has 0 bridgehead atoms. The molecule has 2 heterocycles. The van der Waals surface area contributed by atoms with Crippen molar-refractivity contribution in [2.75, 3.05) is 19.6 Å². The summed E-state index contributed by atoms with van der Waals surface area (Å²) in [6.45, 7) is 11.9. The molecule has 26 heavy (non-hydrogen) atoms. The molecule has 0 aliphatic carbocycles. The lowest BCUT2D eigenvalue weighted by atomic mass is 10.0. The van der Waals surface area contributed by atoms with Crippen LogP contribution in [0.15, 0.2) is 18.3 Å². The molecule has 2 rings (SSSR count). The Morgan fingerprint density at radius 3 is 2.50 bits per heavy atom. The van der Waals surface area contributed by atoms with Crippen molar-refractivity contribution in [3.8, 4) is 0 Å². The molecule has 1 aliphatic rings. The highest BCUT2D eigenvalue weighted by atomic mass is 16.6. The van der Waals surface area contributed by atoms with E-state index in [0.717, 1.165) is 19.3 Å². The van der Waals surface area contributed by atoms with Crippen LogP contribution in [-0.4, -0.2) is 46.7 Å². The molecule has 0 aromatic carbocycles. The second-order valence-corrected chi connectivity index (χ2v) is 8.44. The molecule has 0 unspecified atom stereocenters. The summed E-state index contributed by atoms with van der Waals surface area (Å²) in [7, 11) is 0. The van der Waals surface area contributed by atoms with Crippen LogP contribution in [0.25, 0.3) is 0 Å². The smallest absolute Gasteiger partial charge is 0.410 e. The summed E-state index contributed by atoms with van der Waals surface area (Å²) in [6.07, 6.45) is 4.32. The number of carbonyl (C=O) groups excluding carboxylic acids is 2. The third kappa shape index (κ3) is 5.78. The largest absolute Gasteiger partial charge is 0.444 e. The molecule has 0 saturated carbocycles. The van der Waals surface area contributed by atoms with E-state index in [1.54, 1.807) is 4.90 Å². The Labute approximate surface area is 156 Å². The van der Waals surface area contributed by atoms with E-state index < -0.39 is 5.60 Å². The van der Waals surface area contributed by atoms with E-state index in [-0.39, 0.29) is 18.0 Å². The molecule has 1 fully saturated rings. The Morgan fingerprint density at radius 1 is 1.27 bits per heavy atom. The monoisotopic (exact) mass is 363 g/mol. The van der Waals surface area contributed by atoms with E-state index >= 15 is 0 Å². The minimum Gasteiger partial charge on any atom is -0.444 e. The highest BCUT2D eigenvalue weighted by molar-refractivity contribution is 5.92. The third-order valence-electron chi connectivity index (χ3n) is 4.53. The van der Waals surface area contributed by atoms with Gasteiger partial charge in [0.2, 0.25) is 0 Å². The molecule has 1 aromatic rings. The van der Waals surface area contributed by atoms with Gasteiger partial charge in [-0.25, -0.2) is 4.79 Å². The number of piperidine rings is 1. The number of rotatable bonds is 5. The molecule has 146 valence electrons. The van der Waals surface area contributed by atoms with Gasteiger partial charge in [0.25, 0.3) is 5.91 Å². The molecule has 1 aromatic heterocycles. The number of amides is 2. The predicted octanol–water partition coefficient (Wildman–Crippen LogP) is 3.84. The Kier molecular flexibility index (Phi) is 6.73. The number of nitrogens with one attached hydrogen (secondary N) is 1. The van der Waals surface area contributed by atoms with Crippen LogP contribution in [0.5, 0.6) is 0 Å². The van der Waals surface area contributed by atoms with Crippen LogP contribution in [0.1, 0.15) is 70.4 Å². The lowest BCUT2D eigenvalue weighted by molar-refractivity contribution is 0.0187. The lowest BCUT2D eigenvalue weighted by Gasteiger charge is -2.34. The van der Waals surface area contributed by atoms with E-state index in [1.807, 2.05) is 39.1 Å². The Morgan fingerprint density at radius 2 is 1.92 bits per heavy atom. The molecular weight excluding hydrogens is 330 g/mol. The molecular formula is C20H33N3O3. The minimum atomic E-state index is -0.477. The van der Waals surface area contributed by atoms with Gasteiger partial charge in [-0.1, -0.05) is 13.8 Å². The van der Waals surface area contributed by atoms with Crippen LogP contribution in [0.4, 0.5) is 4.79 Å². The zero-order valence-electron chi connectivity index (χ0n) is 16.7. The van der Waals surface area contributed by atoms with Crippen molar-refractivity contribution in [1.82, 2.24) is 14.8 Å². The number of hydrogen-bond acceptors (Lipinski definition) is 3. The lowest BCUT2D eigenvalue weighted by Crippen LogP contribution is -2.42. The third-order valence-corrected chi connectivity index (χ3v) is 4.53. The van der Waals surface area contributed by atoms with E-state index in [0.29, 0.717) is 31.2 Å². The van der Waals surface area contributed by atoms with Gasteiger partial charge in [-0.15, -0.1) is 0 Å². The first kappa shape index (κ1) is 20.3. The molecule has 0 spiro atoms. The van der Waals surface area contributed by atoms with Gasteiger partial charge in [-0.2, -0.15) is 0 Å². The summed E-state index contributed by atoms with van der Waals surface area (Å²) in [5.41, 5.74) is 0.222. The number of nitrogens with zero attached hydrogens (tertiary/aromatic N) is 2. The summed E-state index contributed by atoms with van der Waals surface area (Å²) in [5, 5.41) is 3.00. The Hall–Kier alpha value is -1.98. The van der Waals surface area contributed by atoms with Crippen LogP contribution < -0.4 is 5.32 Å². The van der Waals surface area contributed by atoms with Crippen molar-refractivity contribution < 1.29 is 14.3 Å². The van der Waals surface area contributed by atoms with Gasteiger partial charge >= 0.3 is 6.09 Å². The molecule has 6 heteroatoms. The topological polar surface area (TPSA) is 63.6 Å². The van der Waals surface area contributed by atoms with Crippen molar-refractivity contribution in [1.29, 1.82) is 0 Å². The Balaban J connectivity index is 1.91. The fourth-order valence-electron chi connectivity index (χ4n) is 3.12.